The minimum Gasteiger partial charge on any atom is -0.454 e. The Morgan fingerprint density at radius 1 is 0.385 bits per heavy atom. The summed E-state index contributed by atoms with van der Waals surface area (Å²) in [5, 5.41) is 6.90. The van der Waals surface area contributed by atoms with Crippen LogP contribution in [-0.2, 0) is 0 Å². The number of para-hydroxylation sites is 4. The Balaban J connectivity index is 1.25. The van der Waals surface area contributed by atoms with Crippen LogP contribution in [0.1, 0.15) is 0 Å². The van der Waals surface area contributed by atoms with Crippen molar-refractivity contribution in [2.45, 2.75) is 0 Å². The van der Waals surface area contributed by atoms with E-state index < -0.39 is 0 Å². The van der Waals surface area contributed by atoms with Gasteiger partial charge in [0.1, 0.15) is 11.2 Å². The lowest BCUT2D eigenvalue weighted by Crippen LogP contribution is -2.11. The molecular weight excluding hydrogens is 655 g/mol. The van der Waals surface area contributed by atoms with Crippen LogP contribution in [-0.4, -0.2) is 0 Å². The molecule has 0 radical (unpaired) electrons. The lowest BCUT2D eigenvalue weighted by molar-refractivity contribution is 0.666. The molecule has 11 aromatic rings. The largest absolute Gasteiger partial charge is 0.454 e. The Morgan fingerprint density at radius 2 is 0.923 bits per heavy atom. The summed E-state index contributed by atoms with van der Waals surface area (Å²) in [6.45, 7) is 0. The number of fused-ring (bicyclic) bond motifs is 9. The van der Waals surface area contributed by atoms with Crippen molar-refractivity contribution in [3.63, 3.8) is 0 Å². The van der Waals surface area contributed by atoms with Crippen molar-refractivity contribution < 1.29 is 8.83 Å². The minimum absolute atomic E-state index is 0.829. The van der Waals surface area contributed by atoms with E-state index in [0.717, 1.165) is 77.6 Å². The van der Waals surface area contributed by atoms with Gasteiger partial charge < -0.3 is 13.7 Å². The molecule has 11 rings (SSSR count). The number of furan rings is 2. The van der Waals surface area contributed by atoms with Crippen LogP contribution in [0.2, 0.25) is 0 Å². The smallest absolute Gasteiger partial charge is 0.159 e. The minimum atomic E-state index is 0.829. The number of anilines is 3. The zero-order valence-corrected chi connectivity index (χ0v) is 28.7. The molecule has 3 nitrogen and oxygen atoms in total. The summed E-state index contributed by atoms with van der Waals surface area (Å²) >= 11 is 1.86. The van der Waals surface area contributed by atoms with E-state index in [2.05, 4.69) is 157 Å². The maximum Gasteiger partial charge on any atom is 0.159 e. The normalized spacial score (nSPS) is 11.8. The van der Waals surface area contributed by atoms with Crippen molar-refractivity contribution in [2.75, 3.05) is 4.90 Å². The van der Waals surface area contributed by atoms with Crippen molar-refractivity contribution in [1.29, 1.82) is 0 Å². The molecule has 0 aliphatic carbocycles. The van der Waals surface area contributed by atoms with Crippen LogP contribution >= 0.6 is 11.3 Å². The van der Waals surface area contributed by atoms with E-state index in [9.17, 15) is 0 Å². The average molecular weight is 684 g/mol. The van der Waals surface area contributed by atoms with Crippen molar-refractivity contribution in [3.05, 3.63) is 176 Å². The van der Waals surface area contributed by atoms with Crippen LogP contribution in [0.25, 0.3) is 86.3 Å². The molecule has 0 bridgehead atoms. The topological polar surface area (TPSA) is 29.5 Å². The Hall–Kier alpha value is -6.62. The first-order valence-corrected chi connectivity index (χ1v) is 18.3. The van der Waals surface area contributed by atoms with Crippen molar-refractivity contribution in [3.8, 4) is 22.3 Å². The molecule has 0 aliphatic heterocycles. The molecule has 0 saturated carbocycles. The quantitative estimate of drug-likeness (QED) is 0.181. The van der Waals surface area contributed by atoms with Gasteiger partial charge in [-0.05, 0) is 70.8 Å². The second-order valence-corrected chi connectivity index (χ2v) is 14.3. The van der Waals surface area contributed by atoms with Crippen LogP contribution in [0, 0.1) is 0 Å². The lowest BCUT2D eigenvalue weighted by atomic mass is 9.96. The molecule has 0 atom stereocenters. The van der Waals surface area contributed by atoms with Gasteiger partial charge in [-0.1, -0.05) is 127 Å². The first kappa shape index (κ1) is 29.1. The average Bonchev–Trinajstić information content (AvgIpc) is 3.90. The molecule has 52 heavy (non-hydrogen) atoms. The van der Waals surface area contributed by atoms with E-state index in [-0.39, 0.29) is 0 Å². The maximum atomic E-state index is 6.73. The number of thiophene rings is 1. The summed E-state index contributed by atoms with van der Waals surface area (Å²) in [5.74, 6) is 0. The van der Waals surface area contributed by atoms with Crippen molar-refractivity contribution in [1.82, 2.24) is 0 Å². The highest BCUT2D eigenvalue weighted by atomic mass is 32.1. The third kappa shape index (κ3) is 4.45. The van der Waals surface area contributed by atoms with Gasteiger partial charge in [-0.3, -0.25) is 0 Å². The molecular formula is C48H29NO2S. The highest BCUT2D eigenvalue weighted by Gasteiger charge is 2.24. The second-order valence-electron chi connectivity index (χ2n) is 13.3. The van der Waals surface area contributed by atoms with Gasteiger partial charge >= 0.3 is 0 Å². The van der Waals surface area contributed by atoms with Crippen LogP contribution in [0.4, 0.5) is 17.1 Å². The molecule has 0 saturated heterocycles. The Labute approximate surface area is 303 Å². The molecule has 0 spiro atoms. The van der Waals surface area contributed by atoms with Crippen LogP contribution in [0.15, 0.2) is 185 Å². The molecule has 0 fully saturated rings. The Kier molecular flexibility index (Phi) is 6.42. The standard InChI is InChI=1S/C48H29NO2S/c1-2-13-30(14-3-1)31-27-32(34-18-10-21-40-37-17-6-9-26-45(37)52-48(34)40)29-33(28-31)49(41-22-11-19-38-35-15-4-7-24-43(35)50-46(38)41)42-23-12-20-39-36-16-5-8-25-44(36)51-47(39)42/h1-29H. The predicted octanol–water partition coefficient (Wildman–Crippen LogP) is 14.7. The molecule has 3 heterocycles. The van der Waals surface area contributed by atoms with Gasteiger partial charge in [0.2, 0.25) is 0 Å². The fourth-order valence-electron chi connectivity index (χ4n) is 7.89. The Morgan fingerprint density at radius 3 is 1.62 bits per heavy atom. The Bertz CT molecular complexity index is 3030. The van der Waals surface area contributed by atoms with Gasteiger partial charge in [-0.25, -0.2) is 0 Å². The zero-order valence-electron chi connectivity index (χ0n) is 27.9. The fraction of sp³-hybridized carbons (Fsp3) is 0. The summed E-state index contributed by atoms with van der Waals surface area (Å²) in [6.07, 6.45) is 0. The number of rotatable bonds is 5. The van der Waals surface area contributed by atoms with Gasteiger partial charge in [0, 0.05) is 47.4 Å². The lowest BCUT2D eigenvalue weighted by Gasteiger charge is -2.27. The SMILES string of the molecule is c1ccc(-c2cc(-c3cccc4c3sc3ccccc34)cc(N(c3cccc4c3oc3ccccc34)c3cccc4c3oc3ccccc34)c2)cc1. The first-order chi connectivity index (χ1) is 25.8. The molecule has 0 unspecified atom stereocenters. The first-order valence-electron chi connectivity index (χ1n) is 17.5. The van der Waals surface area contributed by atoms with Crippen molar-refractivity contribution in [2.24, 2.45) is 0 Å². The van der Waals surface area contributed by atoms with E-state index in [1.165, 1.54) is 25.7 Å². The van der Waals surface area contributed by atoms with Crippen LogP contribution < -0.4 is 4.90 Å². The molecule has 0 amide bonds. The van der Waals surface area contributed by atoms with E-state index in [4.69, 9.17) is 8.83 Å². The number of nitrogens with zero attached hydrogens (tertiary/aromatic N) is 1. The van der Waals surface area contributed by atoms with Crippen molar-refractivity contribution >= 4 is 92.4 Å². The third-order valence-electron chi connectivity index (χ3n) is 10.2. The molecule has 244 valence electrons. The second kappa shape index (κ2) is 11.5. The van der Waals surface area contributed by atoms with Gasteiger partial charge in [-0.2, -0.15) is 0 Å². The van der Waals surface area contributed by atoms with Crippen LogP contribution in [0.3, 0.4) is 0 Å². The van der Waals surface area contributed by atoms with Gasteiger partial charge in [0.25, 0.3) is 0 Å². The number of hydrogen-bond donors (Lipinski definition) is 0. The summed E-state index contributed by atoms with van der Waals surface area (Å²) in [6, 6.07) is 62.5. The zero-order chi connectivity index (χ0) is 34.2. The third-order valence-corrected chi connectivity index (χ3v) is 11.5. The van der Waals surface area contributed by atoms with E-state index >= 15 is 0 Å². The van der Waals surface area contributed by atoms with Gasteiger partial charge in [0.05, 0.1) is 11.4 Å². The fourth-order valence-corrected chi connectivity index (χ4v) is 9.13. The highest BCUT2D eigenvalue weighted by molar-refractivity contribution is 7.26. The summed E-state index contributed by atoms with van der Waals surface area (Å²) in [4.78, 5) is 2.33. The van der Waals surface area contributed by atoms with Crippen LogP contribution in [0.5, 0.6) is 0 Å². The van der Waals surface area contributed by atoms with E-state index in [1.54, 1.807) is 0 Å². The monoisotopic (exact) mass is 683 g/mol. The van der Waals surface area contributed by atoms with E-state index in [1.807, 2.05) is 35.6 Å². The maximum absolute atomic E-state index is 6.73. The number of hydrogen-bond acceptors (Lipinski definition) is 4. The number of benzene rings is 8. The summed E-state index contributed by atoms with van der Waals surface area (Å²) in [7, 11) is 0. The summed E-state index contributed by atoms with van der Waals surface area (Å²) in [5.41, 5.74) is 10.9. The van der Waals surface area contributed by atoms with Gasteiger partial charge in [-0.15, -0.1) is 11.3 Å². The predicted molar refractivity (Wildman–Crippen MR) is 219 cm³/mol. The van der Waals surface area contributed by atoms with E-state index in [0.29, 0.717) is 0 Å². The molecule has 0 aliphatic rings. The molecule has 8 aromatic carbocycles. The molecule has 4 heteroatoms. The highest BCUT2D eigenvalue weighted by Crippen LogP contribution is 2.48. The molecule has 3 aromatic heterocycles. The van der Waals surface area contributed by atoms with Gasteiger partial charge in [0.15, 0.2) is 11.2 Å². The summed E-state index contributed by atoms with van der Waals surface area (Å²) < 4.78 is 16.0. The molecule has 0 N–H and O–H groups in total.